The summed E-state index contributed by atoms with van der Waals surface area (Å²) in [6, 6.07) is 7.26. The van der Waals surface area contributed by atoms with E-state index in [4.69, 9.17) is 10.5 Å². The minimum absolute atomic E-state index is 0.134. The number of amides is 2. The van der Waals surface area contributed by atoms with Crippen LogP contribution < -0.4 is 11.1 Å². The molecule has 0 aliphatic heterocycles. The van der Waals surface area contributed by atoms with Crippen molar-refractivity contribution in [1.29, 1.82) is 0 Å². The van der Waals surface area contributed by atoms with Crippen LogP contribution in [0.25, 0.3) is 0 Å². The number of nitrogens with one attached hydrogen (secondary N) is 1. The van der Waals surface area contributed by atoms with Gasteiger partial charge in [0.15, 0.2) is 0 Å². The Hall–Kier alpha value is -2.24. The molecule has 0 fully saturated rings. The van der Waals surface area contributed by atoms with Gasteiger partial charge in [-0.1, -0.05) is 24.3 Å². The Bertz CT molecular complexity index is 463. The van der Waals surface area contributed by atoms with Gasteiger partial charge in [0.05, 0.1) is 0 Å². The zero-order valence-electron chi connectivity index (χ0n) is 11.9. The zero-order chi connectivity index (χ0) is 15.2. The van der Waals surface area contributed by atoms with Gasteiger partial charge in [0.1, 0.15) is 12.2 Å². The molecule has 6 nitrogen and oxygen atoms in total. The first kappa shape index (κ1) is 15.8. The van der Waals surface area contributed by atoms with Crippen LogP contribution >= 0.6 is 0 Å². The van der Waals surface area contributed by atoms with Crippen LogP contribution in [0.3, 0.4) is 0 Å². The summed E-state index contributed by atoms with van der Waals surface area (Å²) in [6.07, 6.45) is -1.26. The molecule has 0 unspecified atom stereocenters. The van der Waals surface area contributed by atoms with Crippen LogP contribution in [0.4, 0.5) is 9.59 Å². The molecule has 2 amide bonds. The number of ether oxygens (including phenoxy) is 2. The van der Waals surface area contributed by atoms with E-state index in [1.54, 1.807) is 32.9 Å². The van der Waals surface area contributed by atoms with Gasteiger partial charge in [-0.25, -0.2) is 9.59 Å². The third kappa shape index (κ3) is 6.63. The van der Waals surface area contributed by atoms with Crippen molar-refractivity contribution in [3.05, 3.63) is 35.4 Å². The monoisotopic (exact) mass is 280 g/mol. The molecule has 0 bridgehead atoms. The van der Waals surface area contributed by atoms with E-state index in [1.165, 1.54) is 0 Å². The average molecular weight is 280 g/mol. The van der Waals surface area contributed by atoms with E-state index in [0.29, 0.717) is 6.54 Å². The highest BCUT2D eigenvalue weighted by atomic mass is 16.6. The molecule has 6 heteroatoms. The zero-order valence-corrected chi connectivity index (χ0v) is 11.9. The lowest BCUT2D eigenvalue weighted by Crippen LogP contribution is -2.32. The molecule has 1 rings (SSSR count). The minimum atomic E-state index is -0.805. The van der Waals surface area contributed by atoms with Crippen LogP contribution in [0, 0.1) is 0 Å². The number of benzene rings is 1. The molecule has 20 heavy (non-hydrogen) atoms. The lowest BCUT2D eigenvalue weighted by atomic mass is 10.1. The van der Waals surface area contributed by atoms with Gasteiger partial charge in [-0.15, -0.1) is 0 Å². The fourth-order valence-electron chi connectivity index (χ4n) is 1.40. The maximum absolute atomic E-state index is 11.5. The summed E-state index contributed by atoms with van der Waals surface area (Å²) in [5.41, 5.74) is 6.10. The van der Waals surface area contributed by atoms with E-state index < -0.39 is 17.8 Å². The quantitative estimate of drug-likeness (QED) is 0.885. The van der Waals surface area contributed by atoms with Crippen molar-refractivity contribution < 1.29 is 19.1 Å². The fraction of sp³-hybridized carbons (Fsp3) is 0.429. The SMILES string of the molecule is CC(C)(C)OC(=O)NCc1ccc(COC(N)=O)cc1. The minimum Gasteiger partial charge on any atom is -0.445 e. The molecule has 0 radical (unpaired) electrons. The van der Waals surface area contributed by atoms with Crippen molar-refractivity contribution in [1.82, 2.24) is 5.32 Å². The van der Waals surface area contributed by atoms with E-state index in [-0.39, 0.29) is 6.61 Å². The summed E-state index contributed by atoms with van der Waals surface area (Å²) in [7, 11) is 0. The number of nitrogens with two attached hydrogens (primary N) is 1. The molecule has 1 aromatic carbocycles. The third-order valence-electron chi connectivity index (χ3n) is 2.24. The summed E-state index contributed by atoms with van der Waals surface area (Å²) < 4.78 is 9.80. The number of alkyl carbamates (subject to hydrolysis) is 1. The summed E-state index contributed by atoms with van der Waals surface area (Å²) >= 11 is 0. The molecule has 0 heterocycles. The van der Waals surface area contributed by atoms with Gasteiger partial charge in [0, 0.05) is 6.54 Å². The van der Waals surface area contributed by atoms with Gasteiger partial charge in [-0.2, -0.15) is 0 Å². The van der Waals surface area contributed by atoms with Gasteiger partial charge in [0.2, 0.25) is 0 Å². The van der Waals surface area contributed by atoms with Crippen LogP contribution in [0.15, 0.2) is 24.3 Å². The van der Waals surface area contributed by atoms with Crippen molar-refractivity contribution >= 4 is 12.2 Å². The standard InChI is InChI=1S/C14H20N2O4/c1-14(2,3)20-13(18)16-8-10-4-6-11(7-5-10)9-19-12(15)17/h4-7H,8-9H2,1-3H3,(H2,15,17)(H,16,18). The number of carbonyl (C=O) groups excluding carboxylic acids is 2. The second kappa shape index (κ2) is 6.79. The molecule has 0 aliphatic carbocycles. The van der Waals surface area contributed by atoms with Gasteiger partial charge < -0.3 is 20.5 Å². The van der Waals surface area contributed by atoms with Gasteiger partial charge in [-0.05, 0) is 31.9 Å². The largest absolute Gasteiger partial charge is 0.445 e. The van der Waals surface area contributed by atoms with Gasteiger partial charge in [0.25, 0.3) is 0 Å². The number of hydrogen-bond donors (Lipinski definition) is 2. The predicted octanol–water partition coefficient (Wildman–Crippen LogP) is 2.31. The lowest BCUT2D eigenvalue weighted by Gasteiger charge is -2.19. The first-order valence-corrected chi connectivity index (χ1v) is 6.23. The molecule has 0 saturated heterocycles. The number of carbonyl (C=O) groups is 2. The molecule has 3 N–H and O–H groups in total. The van der Waals surface area contributed by atoms with Crippen molar-refractivity contribution in [2.45, 2.75) is 39.5 Å². The Labute approximate surface area is 118 Å². The number of rotatable bonds is 4. The van der Waals surface area contributed by atoms with Crippen LogP contribution in [0.2, 0.25) is 0 Å². The van der Waals surface area contributed by atoms with Crippen LogP contribution in [0.1, 0.15) is 31.9 Å². The van der Waals surface area contributed by atoms with Crippen LogP contribution in [0.5, 0.6) is 0 Å². The first-order valence-electron chi connectivity index (χ1n) is 6.23. The lowest BCUT2D eigenvalue weighted by molar-refractivity contribution is 0.0523. The molecule has 0 spiro atoms. The smallest absolute Gasteiger partial charge is 0.407 e. The normalized spacial score (nSPS) is 10.8. The van der Waals surface area contributed by atoms with Crippen molar-refractivity contribution in [3.63, 3.8) is 0 Å². The molecular weight excluding hydrogens is 260 g/mol. The van der Waals surface area contributed by atoms with Crippen molar-refractivity contribution in [2.75, 3.05) is 0 Å². The molecule has 110 valence electrons. The number of hydrogen-bond acceptors (Lipinski definition) is 4. The highest BCUT2D eigenvalue weighted by Gasteiger charge is 2.15. The second-order valence-electron chi connectivity index (χ2n) is 5.28. The fourth-order valence-corrected chi connectivity index (χ4v) is 1.40. The summed E-state index contributed by atoms with van der Waals surface area (Å²) in [5, 5.41) is 2.66. The van der Waals surface area contributed by atoms with E-state index in [9.17, 15) is 9.59 Å². The maximum Gasteiger partial charge on any atom is 0.407 e. The third-order valence-corrected chi connectivity index (χ3v) is 2.24. The molecule has 1 aromatic rings. The summed E-state index contributed by atoms with van der Waals surface area (Å²) in [4.78, 5) is 21.9. The Morgan fingerprint density at radius 2 is 1.70 bits per heavy atom. The Morgan fingerprint density at radius 1 is 1.15 bits per heavy atom. The summed E-state index contributed by atoms with van der Waals surface area (Å²) in [6.45, 7) is 5.92. The molecule has 0 saturated carbocycles. The highest BCUT2D eigenvalue weighted by molar-refractivity contribution is 5.67. The van der Waals surface area contributed by atoms with E-state index in [2.05, 4.69) is 10.1 Å². The second-order valence-corrected chi connectivity index (χ2v) is 5.28. The highest BCUT2D eigenvalue weighted by Crippen LogP contribution is 2.08. The Morgan fingerprint density at radius 3 is 2.20 bits per heavy atom. The van der Waals surface area contributed by atoms with E-state index >= 15 is 0 Å². The molecule has 0 aliphatic rings. The van der Waals surface area contributed by atoms with Gasteiger partial charge >= 0.3 is 12.2 Å². The van der Waals surface area contributed by atoms with Crippen LogP contribution in [-0.4, -0.2) is 17.8 Å². The van der Waals surface area contributed by atoms with Crippen molar-refractivity contribution in [3.8, 4) is 0 Å². The summed E-state index contributed by atoms with van der Waals surface area (Å²) in [5.74, 6) is 0. The predicted molar refractivity (Wildman–Crippen MR) is 73.9 cm³/mol. The topological polar surface area (TPSA) is 90.7 Å². The first-order chi connectivity index (χ1) is 9.26. The Kier molecular flexibility index (Phi) is 5.37. The van der Waals surface area contributed by atoms with Crippen molar-refractivity contribution in [2.24, 2.45) is 5.73 Å². The van der Waals surface area contributed by atoms with Gasteiger partial charge in [-0.3, -0.25) is 0 Å². The molecule has 0 aromatic heterocycles. The number of primary amides is 1. The Balaban J connectivity index is 2.42. The average Bonchev–Trinajstić information content (AvgIpc) is 2.33. The molecule has 0 atom stereocenters. The molecular formula is C14H20N2O4. The van der Waals surface area contributed by atoms with Crippen LogP contribution in [-0.2, 0) is 22.6 Å². The van der Waals surface area contributed by atoms with E-state index in [1.807, 2.05) is 12.1 Å². The maximum atomic E-state index is 11.5. The van der Waals surface area contributed by atoms with E-state index in [0.717, 1.165) is 11.1 Å².